The number of nitrogens with zero attached hydrogens (tertiary/aromatic N) is 2. The Morgan fingerprint density at radius 3 is 2.39 bits per heavy atom. The second kappa shape index (κ2) is 10.8. The zero-order valence-corrected chi connectivity index (χ0v) is 18.5. The molecule has 0 radical (unpaired) electrons. The van der Waals surface area contributed by atoms with E-state index in [1.54, 1.807) is 25.4 Å². The smallest absolute Gasteiger partial charge is 0.416 e. The molecule has 2 aromatic carbocycles. The highest BCUT2D eigenvalue weighted by molar-refractivity contribution is 5.86. The van der Waals surface area contributed by atoms with Gasteiger partial charge in [0.2, 0.25) is 11.8 Å². The van der Waals surface area contributed by atoms with Crippen LogP contribution in [0.2, 0.25) is 0 Å². The molecule has 3 rings (SSSR count). The maximum atomic E-state index is 12.9. The average molecular weight is 457 g/mol. The van der Waals surface area contributed by atoms with E-state index < -0.39 is 17.8 Å². The third-order valence-electron chi connectivity index (χ3n) is 5.33. The molecule has 1 atom stereocenters. The molecule has 1 N–H and O–H groups in total. The van der Waals surface area contributed by atoms with Crippen LogP contribution in [0.3, 0.4) is 0 Å². The third-order valence-corrected chi connectivity index (χ3v) is 5.33. The molecule has 0 bridgehead atoms. The van der Waals surface area contributed by atoms with Crippen molar-refractivity contribution in [1.29, 1.82) is 0 Å². The first-order chi connectivity index (χ1) is 15.8. The van der Waals surface area contributed by atoms with Gasteiger partial charge in [-0.1, -0.05) is 42.5 Å². The molecule has 0 saturated carbocycles. The minimum absolute atomic E-state index is 0.175. The van der Waals surface area contributed by atoms with Crippen LogP contribution in [0.5, 0.6) is 5.88 Å². The van der Waals surface area contributed by atoms with E-state index in [2.05, 4.69) is 10.3 Å². The monoisotopic (exact) mass is 457 g/mol. The van der Waals surface area contributed by atoms with E-state index in [9.17, 15) is 18.0 Å². The molecule has 5 nitrogen and oxygen atoms in total. The van der Waals surface area contributed by atoms with Gasteiger partial charge in [0.15, 0.2) is 0 Å². The number of carbonyl (C=O) groups excluding carboxylic acids is 1. The summed E-state index contributed by atoms with van der Waals surface area (Å²) in [6, 6.07) is 17.6. The van der Waals surface area contributed by atoms with Crippen LogP contribution in [0.15, 0.2) is 72.9 Å². The molecule has 0 saturated heterocycles. The lowest BCUT2D eigenvalue weighted by molar-refractivity contribution is -0.137. The Morgan fingerprint density at radius 2 is 1.79 bits per heavy atom. The zero-order valence-electron chi connectivity index (χ0n) is 18.5. The number of halogens is 3. The van der Waals surface area contributed by atoms with Crippen molar-refractivity contribution in [2.45, 2.75) is 25.1 Å². The number of hydrogen-bond donors (Lipinski definition) is 1. The highest BCUT2D eigenvalue weighted by atomic mass is 19.4. The molecular weight excluding hydrogens is 431 g/mol. The van der Waals surface area contributed by atoms with E-state index in [-0.39, 0.29) is 5.91 Å². The van der Waals surface area contributed by atoms with Gasteiger partial charge in [-0.15, -0.1) is 0 Å². The van der Waals surface area contributed by atoms with Gasteiger partial charge in [0.25, 0.3) is 0 Å². The number of carbonyl (C=O) groups is 1. The number of methoxy groups -OCH3 is 1. The van der Waals surface area contributed by atoms with E-state index >= 15 is 0 Å². The topological polar surface area (TPSA) is 54.5 Å². The lowest BCUT2D eigenvalue weighted by atomic mass is 10.0. The summed E-state index contributed by atoms with van der Waals surface area (Å²) in [5, 5.41) is 2.74. The van der Waals surface area contributed by atoms with Gasteiger partial charge in [0.1, 0.15) is 6.04 Å². The number of alkyl halides is 3. The van der Waals surface area contributed by atoms with Gasteiger partial charge in [0.05, 0.1) is 12.7 Å². The zero-order chi connectivity index (χ0) is 23.8. The van der Waals surface area contributed by atoms with Crippen molar-refractivity contribution in [2.75, 3.05) is 25.6 Å². The molecule has 1 unspecified atom stereocenters. The van der Waals surface area contributed by atoms with Crippen LogP contribution in [0, 0.1) is 0 Å². The lowest BCUT2D eigenvalue weighted by Gasteiger charge is -2.33. The van der Waals surface area contributed by atoms with Crippen LogP contribution in [0.25, 0.3) is 0 Å². The molecule has 0 aliphatic heterocycles. The number of pyridine rings is 1. The fraction of sp³-hybridized carbons (Fsp3) is 0.280. The molecule has 3 aromatic rings. The Balaban J connectivity index is 1.86. The number of aromatic nitrogens is 1. The molecule has 0 fully saturated rings. The maximum absolute atomic E-state index is 12.9. The Labute approximate surface area is 191 Å². The Bertz CT molecular complexity index is 1040. The minimum atomic E-state index is -4.36. The fourth-order valence-corrected chi connectivity index (χ4v) is 3.66. The van der Waals surface area contributed by atoms with E-state index in [1.165, 1.54) is 19.2 Å². The van der Waals surface area contributed by atoms with Crippen LogP contribution in [-0.4, -0.2) is 31.6 Å². The number of ether oxygens (including phenoxy) is 1. The SMILES string of the molecule is CNC(=O)C(c1ccccc1)N(CCCc1ccc(C(F)(F)F)cc1)c1ccnc(OC)c1. The number of hydrogen-bond acceptors (Lipinski definition) is 4. The summed E-state index contributed by atoms with van der Waals surface area (Å²) >= 11 is 0. The van der Waals surface area contributed by atoms with Gasteiger partial charge in [-0.05, 0) is 42.2 Å². The van der Waals surface area contributed by atoms with Crippen molar-refractivity contribution in [1.82, 2.24) is 10.3 Å². The molecule has 1 heterocycles. The van der Waals surface area contributed by atoms with Crippen LogP contribution in [0.1, 0.15) is 29.2 Å². The van der Waals surface area contributed by atoms with Gasteiger partial charge in [0, 0.05) is 31.5 Å². The standard InChI is InChI=1S/C25H26F3N3O2/c1-29-24(32)23(19-8-4-3-5-9-19)31(21-14-15-30-22(17-21)33-2)16-6-7-18-10-12-20(13-11-18)25(26,27)28/h3-5,8-15,17,23H,6-7,16H2,1-2H3,(H,29,32). The van der Waals surface area contributed by atoms with Crippen molar-refractivity contribution in [2.24, 2.45) is 0 Å². The molecule has 1 amide bonds. The van der Waals surface area contributed by atoms with Crippen LogP contribution < -0.4 is 15.0 Å². The second-order valence-electron chi connectivity index (χ2n) is 7.48. The number of anilines is 1. The van der Waals surface area contributed by atoms with Crippen LogP contribution >= 0.6 is 0 Å². The quantitative estimate of drug-likeness (QED) is 0.489. The molecular formula is C25H26F3N3O2. The Kier molecular flexibility index (Phi) is 7.92. The van der Waals surface area contributed by atoms with Crippen LogP contribution in [0.4, 0.5) is 18.9 Å². The predicted octanol–water partition coefficient (Wildman–Crippen LogP) is 5.04. The summed E-state index contributed by atoms with van der Waals surface area (Å²) in [5.74, 6) is 0.246. The number of aryl methyl sites for hydroxylation is 1. The first kappa shape index (κ1) is 24.1. The fourth-order valence-electron chi connectivity index (χ4n) is 3.66. The van der Waals surface area contributed by atoms with Gasteiger partial charge in [-0.3, -0.25) is 4.79 Å². The van der Waals surface area contributed by atoms with Crippen LogP contribution in [-0.2, 0) is 17.4 Å². The second-order valence-corrected chi connectivity index (χ2v) is 7.48. The van der Waals surface area contributed by atoms with Gasteiger partial charge in [-0.2, -0.15) is 13.2 Å². The molecule has 174 valence electrons. The summed E-state index contributed by atoms with van der Waals surface area (Å²) in [4.78, 5) is 19.1. The largest absolute Gasteiger partial charge is 0.481 e. The third kappa shape index (κ3) is 6.25. The minimum Gasteiger partial charge on any atom is -0.481 e. The number of benzene rings is 2. The van der Waals surface area contributed by atoms with Gasteiger partial charge < -0.3 is 15.0 Å². The molecule has 0 spiro atoms. The normalized spacial score (nSPS) is 12.2. The molecule has 1 aromatic heterocycles. The first-order valence-electron chi connectivity index (χ1n) is 10.5. The highest BCUT2D eigenvalue weighted by Gasteiger charge is 2.30. The molecule has 0 aliphatic rings. The average Bonchev–Trinajstić information content (AvgIpc) is 2.83. The first-order valence-corrected chi connectivity index (χ1v) is 10.5. The maximum Gasteiger partial charge on any atom is 0.416 e. The Morgan fingerprint density at radius 1 is 1.09 bits per heavy atom. The van der Waals surface area contributed by atoms with Crippen molar-refractivity contribution in [3.63, 3.8) is 0 Å². The summed E-state index contributed by atoms with van der Waals surface area (Å²) in [5.41, 5.74) is 1.71. The number of nitrogens with one attached hydrogen (secondary N) is 1. The molecule has 8 heteroatoms. The summed E-state index contributed by atoms with van der Waals surface area (Å²) < 4.78 is 43.7. The Hall–Kier alpha value is -3.55. The van der Waals surface area contributed by atoms with E-state index in [4.69, 9.17) is 4.74 Å². The summed E-state index contributed by atoms with van der Waals surface area (Å²) in [6.07, 6.45) is -1.56. The predicted molar refractivity (Wildman–Crippen MR) is 121 cm³/mol. The summed E-state index contributed by atoms with van der Waals surface area (Å²) in [6.45, 7) is 0.487. The number of amides is 1. The summed E-state index contributed by atoms with van der Waals surface area (Å²) in [7, 11) is 3.11. The number of likely N-dealkylation sites (N-methyl/N-ethyl adjacent to an activating group) is 1. The lowest BCUT2D eigenvalue weighted by Crippen LogP contribution is -2.40. The van der Waals surface area contributed by atoms with Crippen molar-refractivity contribution >= 4 is 11.6 Å². The number of rotatable bonds is 9. The highest BCUT2D eigenvalue weighted by Crippen LogP contribution is 2.31. The van der Waals surface area contributed by atoms with E-state index in [0.717, 1.165) is 28.9 Å². The van der Waals surface area contributed by atoms with Crippen molar-refractivity contribution < 1.29 is 22.7 Å². The van der Waals surface area contributed by atoms with Gasteiger partial charge in [-0.25, -0.2) is 4.98 Å². The van der Waals surface area contributed by atoms with Crippen molar-refractivity contribution in [3.05, 3.63) is 89.6 Å². The van der Waals surface area contributed by atoms with Gasteiger partial charge >= 0.3 is 6.18 Å². The molecule has 0 aliphatic carbocycles. The molecule has 33 heavy (non-hydrogen) atoms. The van der Waals surface area contributed by atoms with E-state index in [0.29, 0.717) is 25.3 Å². The van der Waals surface area contributed by atoms with Crippen molar-refractivity contribution in [3.8, 4) is 5.88 Å². The van der Waals surface area contributed by atoms with E-state index in [1.807, 2.05) is 35.2 Å².